The van der Waals surface area contributed by atoms with Crippen LogP contribution >= 0.6 is 0 Å². The van der Waals surface area contributed by atoms with E-state index in [9.17, 15) is 18.0 Å². The van der Waals surface area contributed by atoms with Crippen LogP contribution in [0.15, 0.2) is 51.0 Å². The van der Waals surface area contributed by atoms with Crippen LogP contribution in [0.5, 0.6) is 5.75 Å². The zero-order valence-electron chi connectivity index (χ0n) is 12.5. The maximum atomic E-state index is 12.9. The molecule has 120 valence electrons. The summed E-state index contributed by atoms with van der Waals surface area (Å²) in [4.78, 5) is 23.6. The number of carbonyl (C=O) groups is 1. The fraction of sp³-hybridized carbons (Fsp3) is 0.250. The fourth-order valence-corrected chi connectivity index (χ4v) is 4.29. The molecule has 1 aliphatic rings. The average Bonchev–Trinajstić information content (AvgIpc) is 3.00. The van der Waals surface area contributed by atoms with Crippen molar-refractivity contribution in [3.63, 3.8) is 0 Å². The van der Waals surface area contributed by atoms with E-state index in [2.05, 4.69) is 0 Å². The molecule has 0 unspecified atom stereocenters. The lowest BCUT2D eigenvalue weighted by Gasteiger charge is -2.13. The van der Waals surface area contributed by atoms with Gasteiger partial charge in [-0.2, -0.15) is 0 Å². The van der Waals surface area contributed by atoms with Crippen LogP contribution in [0.25, 0.3) is 0 Å². The Morgan fingerprint density at radius 3 is 2.57 bits per heavy atom. The number of hydrogen-bond donors (Lipinski definition) is 0. The molecular weight excluding hydrogens is 318 g/mol. The highest BCUT2D eigenvalue weighted by Gasteiger charge is 2.29. The monoisotopic (exact) mass is 333 g/mol. The van der Waals surface area contributed by atoms with Gasteiger partial charge >= 0.3 is 5.97 Å². The number of nitrogens with zero attached hydrogens (tertiary/aromatic N) is 1. The number of carbonyl (C=O) groups excluding carboxylic acids is 1. The van der Waals surface area contributed by atoms with Crippen molar-refractivity contribution in [2.75, 3.05) is 0 Å². The van der Waals surface area contributed by atoms with Crippen molar-refractivity contribution in [3.05, 3.63) is 52.4 Å². The summed E-state index contributed by atoms with van der Waals surface area (Å²) in [5.74, 6) is -0.915. The number of pyridine rings is 1. The zero-order chi connectivity index (χ0) is 16.6. The summed E-state index contributed by atoms with van der Waals surface area (Å²) in [6.07, 6.45) is 1.17. The molecule has 6 nitrogen and oxygen atoms in total. The van der Waals surface area contributed by atoms with Gasteiger partial charge in [0.1, 0.15) is 0 Å². The van der Waals surface area contributed by atoms with Crippen molar-refractivity contribution in [3.8, 4) is 5.75 Å². The molecule has 2 heterocycles. The van der Waals surface area contributed by atoms with Gasteiger partial charge in [0, 0.05) is 25.2 Å². The third-order valence-electron chi connectivity index (χ3n) is 3.72. The van der Waals surface area contributed by atoms with Gasteiger partial charge < -0.3 is 9.30 Å². The summed E-state index contributed by atoms with van der Waals surface area (Å²) in [5.41, 5.74) is -0.00512. The maximum absolute atomic E-state index is 12.9. The lowest BCUT2D eigenvalue weighted by molar-refractivity contribution is -0.132. The van der Waals surface area contributed by atoms with E-state index in [0.29, 0.717) is 25.1 Å². The van der Waals surface area contributed by atoms with Gasteiger partial charge in [-0.05, 0) is 25.0 Å². The number of rotatable bonds is 3. The predicted octanol–water partition coefficient (Wildman–Crippen LogP) is 1.55. The second-order valence-corrected chi connectivity index (χ2v) is 7.21. The van der Waals surface area contributed by atoms with Gasteiger partial charge in [-0.15, -0.1) is 0 Å². The molecule has 23 heavy (non-hydrogen) atoms. The number of fused-ring (bicyclic) bond motifs is 1. The molecule has 0 N–H and O–H groups in total. The molecule has 0 bridgehead atoms. The number of benzene rings is 1. The zero-order valence-corrected chi connectivity index (χ0v) is 13.3. The van der Waals surface area contributed by atoms with Crippen molar-refractivity contribution in [2.24, 2.45) is 0 Å². The molecule has 0 atom stereocenters. The molecule has 0 amide bonds. The van der Waals surface area contributed by atoms with E-state index in [1.165, 1.54) is 29.7 Å². The number of sulfone groups is 1. The van der Waals surface area contributed by atoms with Gasteiger partial charge in [-0.25, -0.2) is 8.42 Å². The summed E-state index contributed by atoms with van der Waals surface area (Å²) < 4.78 is 32.1. The maximum Gasteiger partial charge on any atom is 0.308 e. The summed E-state index contributed by atoms with van der Waals surface area (Å²) in [6, 6.07) is 9.16. The number of hydrogen-bond acceptors (Lipinski definition) is 5. The van der Waals surface area contributed by atoms with Gasteiger partial charge in [0.25, 0.3) is 5.56 Å². The molecule has 0 fully saturated rings. The quantitative estimate of drug-likeness (QED) is 0.796. The molecular formula is C16H15NO5S. The van der Waals surface area contributed by atoms with Crippen molar-refractivity contribution in [1.29, 1.82) is 0 Å². The normalized spacial score (nSPS) is 13.6. The number of ether oxygens (including phenoxy) is 1. The van der Waals surface area contributed by atoms with Crippen LogP contribution in [-0.4, -0.2) is 19.0 Å². The Hall–Kier alpha value is -2.41. The van der Waals surface area contributed by atoms with E-state index in [4.69, 9.17) is 4.74 Å². The fourth-order valence-electron chi connectivity index (χ4n) is 2.74. The Bertz CT molecular complexity index is 929. The Kier molecular flexibility index (Phi) is 3.81. The smallest absolute Gasteiger partial charge is 0.308 e. The SMILES string of the molecule is CC(=O)Oc1cc(S(=O)(=O)c2ccccc2)c2n(c1=O)CCC2. The molecule has 0 spiro atoms. The van der Waals surface area contributed by atoms with Crippen LogP contribution in [-0.2, 0) is 27.6 Å². The van der Waals surface area contributed by atoms with Crippen molar-refractivity contribution >= 4 is 15.8 Å². The Morgan fingerprint density at radius 2 is 1.91 bits per heavy atom. The first kappa shape index (κ1) is 15.5. The first-order valence-electron chi connectivity index (χ1n) is 7.16. The minimum atomic E-state index is -3.79. The molecule has 0 radical (unpaired) electrons. The van der Waals surface area contributed by atoms with E-state index < -0.39 is 21.4 Å². The number of aromatic nitrogens is 1. The summed E-state index contributed by atoms with van der Waals surface area (Å²) in [6.45, 7) is 1.59. The summed E-state index contributed by atoms with van der Waals surface area (Å²) in [7, 11) is -3.79. The molecule has 0 saturated carbocycles. The van der Waals surface area contributed by atoms with Crippen LogP contribution in [0.4, 0.5) is 0 Å². The Morgan fingerprint density at radius 1 is 1.22 bits per heavy atom. The van der Waals surface area contributed by atoms with E-state index >= 15 is 0 Å². The topological polar surface area (TPSA) is 82.4 Å². The highest BCUT2D eigenvalue weighted by atomic mass is 32.2. The minimum absolute atomic E-state index is 0.0250. The van der Waals surface area contributed by atoms with Crippen LogP contribution in [0, 0.1) is 0 Å². The summed E-state index contributed by atoms with van der Waals surface area (Å²) >= 11 is 0. The second kappa shape index (κ2) is 5.66. The number of esters is 1. The Balaban J connectivity index is 2.26. The van der Waals surface area contributed by atoms with E-state index in [1.807, 2.05) is 0 Å². The molecule has 1 aromatic carbocycles. The lowest BCUT2D eigenvalue weighted by Crippen LogP contribution is -2.25. The molecule has 7 heteroatoms. The molecule has 1 aromatic heterocycles. The highest BCUT2D eigenvalue weighted by Crippen LogP contribution is 2.29. The molecule has 0 saturated heterocycles. The van der Waals surface area contributed by atoms with Gasteiger partial charge in [0.15, 0.2) is 5.75 Å². The van der Waals surface area contributed by atoms with Gasteiger partial charge in [-0.1, -0.05) is 18.2 Å². The van der Waals surface area contributed by atoms with Crippen LogP contribution in [0.3, 0.4) is 0 Å². The largest absolute Gasteiger partial charge is 0.421 e. The van der Waals surface area contributed by atoms with Gasteiger partial charge in [0.2, 0.25) is 9.84 Å². The first-order chi connectivity index (χ1) is 10.9. The Labute approximate surface area is 133 Å². The molecule has 2 aromatic rings. The second-order valence-electron chi connectivity index (χ2n) is 5.29. The van der Waals surface area contributed by atoms with E-state index in [1.54, 1.807) is 18.2 Å². The third-order valence-corrected chi connectivity index (χ3v) is 5.55. The van der Waals surface area contributed by atoms with Crippen LogP contribution in [0.2, 0.25) is 0 Å². The minimum Gasteiger partial charge on any atom is -0.421 e. The van der Waals surface area contributed by atoms with Crippen molar-refractivity contribution < 1.29 is 17.9 Å². The van der Waals surface area contributed by atoms with E-state index in [0.717, 1.165) is 0 Å². The summed E-state index contributed by atoms with van der Waals surface area (Å²) in [5, 5.41) is 0. The van der Waals surface area contributed by atoms with Crippen molar-refractivity contribution in [2.45, 2.75) is 36.1 Å². The van der Waals surface area contributed by atoms with Crippen LogP contribution in [0.1, 0.15) is 19.0 Å². The lowest BCUT2D eigenvalue weighted by atomic mass is 10.3. The predicted molar refractivity (Wildman–Crippen MR) is 82.2 cm³/mol. The van der Waals surface area contributed by atoms with E-state index in [-0.39, 0.29) is 15.5 Å². The molecule has 1 aliphatic heterocycles. The van der Waals surface area contributed by atoms with Crippen molar-refractivity contribution in [1.82, 2.24) is 4.57 Å². The third kappa shape index (κ3) is 2.68. The van der Waals surface area contributed by atoms with Gasteiger partial charge in [0.05, 0.1) is 9.79 Å². The van der Waals surface area contributed by atoms with Gasteiger partial charge in [-0.3, -0.25) is 9.59 Å². The van der Waals surface area contributed by atoms with Crippen LogP contribution < -0.4 is 10.3 Å². The standard InChI is InChI=1S/C16H15NO5S/c1-11(18)22-14-10-15(13-8-5-9-17(13)16(14)19)23(20,21)12-6-3-2-4-7-12/h2-4,6-7,10H,5,8-9H2,1H3. The highest BCUT2D eigenvalue weighted by molar-refractivity contribution is 7.91. The molecule has 0 aliphatic carbocycles. The average molecular weight is 333 g/mol. The first-order valence-corrected chi connectivity index (χ1v) is 8.65. The molecule has 3 rings (SSSR count).